The van der Waals surface area contributed by atoms with Gasteiger partial charge in [0.25, 0.3) is 0 Å². The average molecular weight is 353 g/mol. The minimum atomic E-state index is -1.07. The Balaban J connectivity index is 1.90. The van der Waals surface area contributed by atoms with Gasteiger partial charge in [-0.2, -0.15) is 0 Å². The van der Waals surface area contributed by atoms with Crippen molar-refractivity contribution in [3.63, 3.8) is 0 Å². The number of hydrogen-bond donors (Lipinski definition) is 2. The van der Waals surface area contributed by atoms with Crippen LogP contribution in [0.3, 0.4) is 0 Å². The van der Waals surface area contributed by atoms with E-state index in [0.29, 0.717) is 53.7 Å². The Morgan fingerprint density at radius 1 is 1.23 bits per heavy atom. The fourth-order valence-corrected chi connectivity index (χ4v) is 3.02. The molecule has 2 heterocycles. The van der Waals surface area contributed by atoms with Gasteiger partial charge in [-0.05, 0) is 18.2 Å². The van der Waals surface area contributed by atoms with Crippen molar-refractivity contribution in [3.8, 4) is 22.9 Å². The molecule has 8 nitrogen and oxygen atoms in total. The molecule has 0 saturated heterocycles. The fourth-order valence-electron chi connectivity index (χ4n) is 3.02. The second-order valence-electron chi connectivity index (χ2n) is 5.81. The number of ether oxygens (including phenoxy) is 2. The minimum absolute atomic E-state index is 0.0779. The van der Waals surface area contributed by atoms with E-state index in [1.165, 1.54) is 12.1 Å². The molecule has 1 aliphatic rings. The van der Waals surface area contributed by atoms with Crippen LogP contribution >= 0.6 is 0 Å². The van der Waals surface area contributed by atoms with Gasteiger partial charge in [0.05, 0.1) is 22.3 Å². The number of carboxylic acid groups (broad SMARTS) is 1. The number of aromatic carboxylic acids is 1. The molecule has 1 amide bonds. The van der Waals surface area contributed by atoms with Gasteiger partial charge in [-0.3, -0.25) is 4.79 Å². The number of hydrogen-bond acceptors (Lipinski definition) is 5. The van der Waals surface area contributed by atoms with Gasteiger partial charge < -0.3 is 24.5 Å². The molecular weight excluding hydrogens is 338 g/mol. The van der Waals surface area contributed by atoms with Crippen LogP contribution in [-0.4, -0.2) is 40.3 Å². The second-order valence-corrected chi connectivity index (χ2v) is 5.81. The van der Waals surface area contributed by atoms with Crippen LogP contribution in [0.5, 0.6) is 11.5 Å². The molecular formula is C18H15N3O5. The summed E-state index contributed by atoms with van der Waals surface area (Å²) in [6.45, 7) is 0.982. The molecule has 4 rings (SSSR count). The summed E-state index contributed by atoms with van der Waals surface area (Å²) >= 11 is 0. The van der Waals surface area contributed by atoms with Crippen LogP contribution in [0.25, 0.3) is 22.4 Å². The van der Waals surface area contributed by atoms with E-state index < -0.39 is 5.97 Å². The first-order valence-electron chi connectivity index (χ1n) is 7.92. The number of carboxylic acids is 1. The normalized spacial score (nSPS) is 12.8. The van der Waals surface area contributed by atoms with Crippen molar-refractivity contribution in [2.45, 2.75) is 0 Å². The van der Waals surface area contributed by atoms with Crippen LogP contribution in [0.4, 0.5) is 5.69 Å². The topological polar surface area (TPSA) is 103 Å². The average Bonchev–Trinajstić information content (AvgIpc) is 2.96. The number of nitrogens with zero attached hydrogens (tertiary/aromatic N) is 2. The lowest BCUT2D eigenvalue weighted by molar-refractivity contribution is -0.105. The largest absolute Gasteiger partial charge is 0.486 e. The number of aromatic nitrogens is 2. The third kappa shape index (κ3) is 2.52. The van der Waals surface area contributed by atoms with E-state index in [1.54, 1.807) is 6.07 Å². The van der Waals surface area contributed by atoms with Gasteiger partial charge in [0.2, 0.25) is 6.41 Å². The van der Waals surface area contributed by atoms with Crippen molar-refractivity contribution in [2.24, 2.45) is 7.05 Å². The predicted molar refractivity (Wildman–Crippen MR) is 93.8 cm³/mol. The van der Waals surface area contributed by atoms with E-state index in [0.717, 1.165) is 5.52 Å². The molecule has 3 aromatic rings. The molecule has 2 aromatic carbocycles. The summed E-state index contributed by atoms with van der Waals surface area (Å²) in [5, 5.41) is 11.7. The van der Waals surface area contributed by atoms with Crippen molar-refractivity contribution in [1.82, 2.24) is 9.55 Å². The number of rotatable bonds is 4. The molecule has 0 saturated carbocycles. The van der Waals surface area contributed by atoms with Crippen LogP contribution in [0.2, 0.25) is 0 Å². The number of nitrogens with one attached hydrogen (secondary N) is 1. The van der Waals surface area contributed by atoms with Crippen molar-refractivity contribution < 1.29 is 24.2 Å². The smallest absolute Gasteiger partial charge is 0.335 e. The monoisotopic (exact) mass is 353 g/mol. The Hall–Kier alpha value is -3.55. The molecule has 0 unspecified atom stereocenters. The summed E-state index contributed by atoms with van der Waals surface area (Å²) in [5.41, 5.74) is 2.61. The Bertz CT molecular complexity index is 1040. The van der Waals surface area contributed by atoms with Crippen molar-refractivity contribution in [1.29, 1.82) is 0 Å². The lowest BCUT2D eigenvalue weighted by atomic mass is 10.1. The Morgan fingerprint density at radius 3 is 2.65 bits per heavy atom. The summed E-state index contributed by atoms with van der Waals surface area (Å²) in [5.74, 6) is 0.813. The van der Waals surface area contributed by atoms with E-state index in [2.05, 4.69) is 10.3 Å². The Morgan fingerprint density at radius 2 is 1.96 bits per heavy atom. The van der Waals surface area contributed by atoms with Gasteiger partial charge in [-0.1, -0.05) is 0 Å². The van der Waals surface area contributed by atoms with Crippen molar-refractivity contribution >= 4 is 29.1 Å². The number of carbonyl (C=O) groups excluding carboxylic acids is 1. The molecule has 8 heteroatoms. The van der Waals surface area contributed by atoms with Crippen molar-refractivity contribution in [2.75, 3.05) is 18.5 Å². The number of imidazole rings is 1. The second kappa shape index (κ2) is 6.07. The van der Waals surface area contributed by atoms with Gasteiger partial charge in [0, 0.05) is 24.7 Å². The number of amides is 1. The van der Waals surface area contributed by atoms with Crippen LogP contribution in [0, 0.1) is 0 Å². The highest BCUT2D eigenvalue weighted by Gasteiger charge is 2.19. The number of fused-ring (bicyclic) bond motifs is 2. The van der Waals surface area contributed by atoms with Gasteiger partial charge >= 0.3 is 5.97 Å². The lowest BCUT2D eigenvalue weighted by Crippen LogP contribution is -2.15. The highest BCUT2D eigenvalue weighted by atomic mass is 16.6. The molecule has 0 spiro atoms. The lowest BCUT2D eigenvalue weighted by Gasteiger charge is -2.18. The van der Waals surface area contributed by atoms with E-state index in [9.17, 15) is 9.59 Å². The van der Waals surface area contributed by atoms with Gasteiger partial charge in [0.1, 0.15) is 19.0 Å². The standard InChI is InChI=1S/C18H15N3O5/c1-21-14-8-16-15(25-4-5-26-16)7-13(14)20-17(21)11-3-2-10(18(23)24)6-12(11)19-9-22/h2-3,6-9H,4-5H2,1H3,(H,19,22)(H,23,24). The fraction of sp³-hybridized carbons (Fsp3) is 0.167. The number of anilines is 1. The number of aryl methyl sites for hydroxylation is 1. The zero-order chi connectivity index (χ0) is 18.3. The predicted octanol–water partition coefficient (Wildman–Crippen LogP) is 2.28. The first kappa shape index (κ1) is 15.9. The number of benzene rings is 2. The van der Waals surface area contributed by atoms with Crippen LogP contribution in [0.1, 0.15) is 10.4 Å². The zero-order valence-corrected chi connectivity index (χ0v) is 13.9. The number of carbonyl (C=O) groups is 2. The van der Waals surface area contributed by atoms with Crippen LogP contribution in [-0.2, 0) is 11.8 Å². The highest BCUT2D eigenvalue weighted by Crippen LogP contribution is 2.37. The summed E-state index contributed by atoms with van der Waals surface area (Å²) in [6.07, 6.45) is 0.507. The first-order valence-corrected chi connectivity index (χ1v) is 7.92. The SMILES string of the molecule is Cn1c(-c2ccc(C(=O)O)cc2NC=O)nc2cc3c(cc21)OCCO3. The zero-order valence-electron chi connectivity index (χ0n) is 13.9. The van der Waals surface area contributed by atoms with Gasteiger partial charge in [-0.25, -0.2) is 9.78 Å². The maximum atomic E-state index is 11.2. The first-order chi connectivity index (χ1) is 12.6. The Labute approximate surface area is 148 Å². The van der Waals surface area contributed by atoms with Crippen molar-refractivity contribution in [3.05, 3.63) is 35.9 Å². The van der Waals surface area contributed by atoms with E-state index in [1.807, 2.05) is 23.7 Å². The third-order valence-electron chi connectivity index (χ3n) is 4.27. The van der Waals surface area contributed by atoms with E-state index >= 15 is 0 Å². The van der Waals surface area contributed by atoms with E-state index in [4.69, 9.17) is 14.6 Å². The highest BCUT2D eigenvalue weighted by molar-refractivity contribution is 5.94. The summed E-state index contributed by atoms with van der Waals surface area (Å²) < 4.78 is 13.1. The molecule has 0 fully saturated rings. The van der Waals surface area contributed by atoms with Crippen LogP contribution < -0.4 is 14.8 Å². The molecule has 0 aliphatic carbocycles. The molecule has 0 radical (unpaired) electrons. The van der Waals surface area contributed by atoms with Gasteiger partial charge in [-0.15, -0.1) is 0 Å². The molecule has 26 heavy (non-hydrogen) atoms. The molecule has 0 atom stereocenters. The maximum absolute atomic E-state index is 11.2. The van der Waals surface area contributed by atoms with E-state index in [-0.39, 0.29) is 5.56 Å². The molecule has 0 bridgehead atoms. The Kier molecular flexibility index (Phi) is 3.72. The molecule has 1 aliphatic heterocycles. The maximum Gasteiger partial charge on any atom is 0.335 e. The summed E-state index contributed by atoms with van der Waals surface area (Å²) in [4.78, 5) is 26.8. The third-order valence-corrected chi connectivity index (χ3v) is 4.27. The quantitative estimate of drug-likeness (QED) is 0.698. The molecule has 1 aromatic heterocycles. The molecule has 2 N–H and O–H groups in total. The molecule has 132 valence electrons. The van der Waals surface area contributed by atoms with Crippen LogP contribution in [0.15, 0.2) is 30.3 Å². The summed E-state index contributed by atoms with van der Waals surface area (Å²) in [6, 6.07) is 8.18. The minimum Gasteiger partial charge on any atom is -0.486 e. The summed E-state index contributed by atoms with van der Waals surface area (Å²) in [7, 11) is 1.84. The van der Waals surface area contributed by atoms with Gasteiger partial charge in [0.15, 0.2) is 11.5 Å².